The second kappa shape index (κ2) is 5.42. The van der Waals surface area contributed by atoms with Crippen molar-refractivity contribution in [2.45, 2.75) is 19.8 Å². The molecule has 1 atom stereocenters. The minimum atomic E-state index is 0. The molecule has 0 bridgehead atoms. The number of allylic oxidation sites excluding steroid dienone is 1. The average Bonchev–Trinajstić information content (AvgIpc) is 2.69. The van der Waals surface area contributed by atoms with Crippen molar-refractivity contribution in [3.8, 4) is 0 Å². The Morgan fingerprint density at radius 1 is 1.31 bits per heavy atom. The fourth-order valence-corrected chi connectivity index (χ4v) is 2.09. The molecule has 1 aliphatic carbocycles. The van der Waals surface area contributed by atoms with E-state index >= 15 is 0 Å². The third-order valence-electron chi connectivity index (χ3n) is 3.29. The van der Waals surface area contributed by atoms with Crippen molar-refractivity contribution < 1.29 is 68.9 Å². The van der Waals surface area contributed by atoms with Gasteiger partial charge in [-0.25, -0.2) is 0 Å². The zero-order valence-electron chi connectivity index (χ0n) is 10.0. The van der Waals surface area contributed by atoms with Crippen LogP contribution in [0.4, 0.5) is 0 Å². The maximum Gasteiger partial charge on any atom is 1.00 e. The molecule has 2 nitrogen and oxygen atoms in total. The SMILES string of the molecule is C=C1C(c2ccc(/C=N\[O-])cc2)C1(C)C.[Cs+]. The van der Waals surface area contributed by atoms with Crippen LogP contribution in [0.15, 0.2) is 41.6 Å². The molecule has 0 radical (unpaired) electrons. The second-order valence-corrected chi connectivity index (χ2v) is 4.58. The van der Waals surface area contributed by atoms with Crippen LogP contribution in [0.1, 0.15) is 30.9 Å². The Kier molecular flexibility index (Phi) is 4.92. The van der Waals surface area contributed by atoms with Crippen molar-refractivity contribution in [2.24, 2.45) is 10.6 Å². The van der Waals surface area contributed by atoms with Gasteiger partial charge in [-0.15, -0.1) is 0 Å². The van der Waals surface area contributed by atoms with Crippen molar-refractivity contribution in [2.75, 3.05) is 0 Å². The van der Waals surface area contributed by atoms with E-state index in [0.29, 0.717) is 5.92 Å². The van der Waals surface area contributed by atoms with Crippen LogP contribution >= 0.6 is 0 Å². The summed E-state index contributed by atoms with van der Waals surface area (Å²) in [5.41, 5.74) is 3.63. The molecule has 1 fully saturated rings. The third kappa shape index (κ3) is 2.66. The summed E-state index contributed by atoms with van der Waals surface area (Å²) in [6, 6.07) is 7.92. The van der Waals surface area contributed by atoms with E-state index < -0.39 is 0 Å². The molecule has 2 rings (SSSR count). The summed E-state index contributed by atoms with van der Waals surface area (Å²) in [6.45, 7) is 8.46. The fraction of sp³-hybridized carbons (Fsp3) is 0.308. The first-order valence-corrected chi connectivity index (χ1v) is 5.02. The summed E-state index contributed by atoms with van der Waals surface area (Å²) < 4.78 is 0. The fourth-order valence-electron chi connectivity index (χ4n) is 2.09. The molecule has 16 heavy (non-hydrogen) atoms. The van der Waals surface area contributed by atoms with Crippen LogP contribution < -0.4 is 68.9 Å². The van der Waals surface area contributed by atoms with Crippen molar-refractivity contribution in [3.63, 3.8) is 0 Å². The molecule has 0 aliphatic heterocycles. The van der Waals surface area contributed by atoms with Crippen LogP contribution in [0.5, 0.6) is 0 Å². The van der Waals surface area contributed by atoms with Gasteiger partial charge >= 0.3 is 68.9 Å². The summed E-state index contributed by atoms with van der Waals surface area (Å²) >= 11 is 0. The maximum absolute atomic E-state index is 10.0. The van der Waals surface area contributed by atoms with Crippen LogP contribution in [0.2, 0.25) is 0 Å². The second-order valence-electron chi connectivity index (χ2n) is 4.58. The Hall–Kier alpha value is 0.482. The van der Waals surface area contributed by atoms with Gasteiger partial charge in [-0.3, -0.25) is 0 Å². The Labute approximate surface area is 155 Å². The Bertz CT molecular complexity index is 420. The number of hydrogen-bond donors (Lipinski definition) is 0. The predicted molar refractivity (Wildman–Crippen MR) is 63.1 cm³/mol. The van der Waals surface area contributed by atoms with Crippen molar-refractivity contribution in [3.05, 3.63) is 52.8 Å². The molecule has 1 unspecified atom stereocenters. The molecule has 0 amide bonds. The van der Waals surface area contributed by atoms with Crippen LogP contribution in [0.25, 0.3) is 0 Å². The number of rotatable bonds is 2. The van der Waals surface area contributed by atoms with Gasteiger partial charge in [0.05, 0.1) is 0 Å². The Morgan fingerprint density at radius 2 is 1.81 bits per heavy atom. The molecule has 0 N–H and O–H groups in total. The zero-order chi connectivity index (χ0) is 11.1. The van der Waals surface area contributed by atoms with Gasteiger partial charge in [0, 0.05) is 12.1 Å². The largest absolute Gasteiger partial charge is 1.00 e. The van der Waals surface area contributed by atoms with Crippen molar-refractivity contribution >= 4 is 6.21 Å². The van der Waals surface area contributed by atoms with Gasteiger partial charge in [0.15, 0.2) is 0 Å². The van der Waals surface area contributed by atoms with E-state index in [9.17, 15) is 5.21 Å². The monoisotopic (exact) mass is 333 g/mol. The molecule has 78 valence electrons. The Morgan fingerprint density at radius 3 is 2.19 bits per heavy atom. The number of benzene rings is 1. The van der Waals surface area contributed by atoms with Gasteiger partial charge in [0.1, 0.15) is 0 Å². The molecule has 0 aromatic heterocycles. The summed E-state index contributed by atoms with van der Waals surface area (Å²) in [5, 5.41) is 12.8. The van der Waals surface area contributed by atoms with Gasteiger partial charge in [0.25, 0.3) is 0 Å². The average molecular weight is 333 g/mol. The summed E-state index contributed by atoms with van der Waals surface area (Å²) in [7, 11) is 0. The van der Waals surface area contributed by atoms with E-state index in [1.54, 1.807) is 0 Å². The van der Waals surface area contributed by atoms with Crippen LogP contribution in [-0.4, -0.2) is 6.21 Å². The van der Waals surface area contributed by atoms with E-state index in [0.717, 1.165) is 5.56 Å². The topological polar surface area (TPSA) is 35.4 Å². The summed E-state index contributed by atoms with van der Waals surface area (Å²) in [5.74, 6) is 0.468. The predicted octanol–water partition coefficient (Wildman–Crippen LogP) is 0.287. The molecule has 0 heterocycles. The molecule has 0 saturated heterocycles. The van der Waals surface area contributed by atoms with Gasteiger partial charge < -0.3 is 10.4 Å². The van der Waals surface area contributed by atoms with Crippen molar-refractivity contribution in [1.29, 1.82) is 0 Å². The standard InChI is InChI=1S/C13H15NO.Cs/c1-9-12(13(9,2)3)11-6-4-10(5-7-11)8-14-15;/h4-8,12,15H,1H2,2-3H3;/q;+1/p-1/b14-8-;. The van der Waals surface area contributed by atoms with Crippen molar-refractivity contribution in [1.82, 2.24) is 0 Å². The first-order valence-electron chi connectivity index (χ1n) is 5.02. The van der Waals surface area contributed by atoms with Gasteiger partial charge in [-0.1, -0.05) is 50.3 Å². The van der Waals surface area contributed by atoms with E-state index in [-0.39, 0.29) is 74.3 Å². The minimum absolute atomic E-state index is 0. The normalized spacial score (nSPS) is 21.9. The van der Waals surface area contributed by atoms with E-state index in [1.807, 2.05) is 24.3 Å². The molecule has 3 heteroatoms. The molecular weight excluding hydrogens is 319 g/mol. The molecular formula is C13H14CsNO. The smallest absolute Gasteiger partial charge is 0.792 e. The maximum atomic E-state index is 10.0. The van der Waals surface area contributed by atoms with Gasteiger partial charge in [-0.05, 0) is 16.5 Å². The quantitative estimate of drug-likeness (QED) is 0.435. The number of hydrogen-bond acceptors (Lipinski definition) is 2. The molecule has 1 aliphatic rings. The minimum Gasteiger partial charge on any atom is -0.792 e. The Balaban J connectivity index is 0.00000128. The van der Waals surface area contributed by atoms with Gasteiger partial charge in [0.2, 0.25) is 0 Å². The summed E-state index contributed by atoms with van der Waals surface area (Å²) in [6.07, 6.45) is 1.32. The molecule has 1 aromatic carbocycles. The van der Waals surface area contributed by atoms with Gasteiger partial charge in [-0.2, -0.15) is 0 Å². The van der Waals surface area contributed by atoms with E-state index in [2.05, 4.69) is 25.6 Å². The summed E-state index contributed by atoms with van der Waals surface area (Å²) in [4.78, 5) is 0. The first-order chi connectivity index (χ1) is 7.07. The molecule has 1 saturated carbocycles. The van der Waals surface area contributed by atoms with E-state index in [4.69, 9.17) is 0 Å². The number of nitrogens with zero attached hydrogens (tertiary/aromatic N) is 1. The molecule has 0 spiro atoms. The third-order valence-corrected chi connectivity index (χ3v) is 3.29. The van der Waals surface area contributed by atoms with Crippen LogP contribution in [0.3, 0.4) is 0 Å². The molecule has 1 aromatic rings. The van der Waals surface area contributed by atoms with E-state index in [1.165, 1.54) is 17.4 Å². The zero-order valence-corrected chi connectivity index (χ0v) is 16.3. The van der Waals surface area contributed by atoms with Crippen LogP contribution in [-0.2, 0) is 0 Å². The first kappa shape index (κ1) is 14.5. The van der Waals surface area contributed by atoms with Crippen LogP contribution in [0, 0.1) is 10.6 Å².